The van der Waals surface area contributed by atoms with E-state index >= 15 is 0 Å². The van der Waals surface area contributed by atoms with Crippen LogP contribution in [-0.2, 0) is 6.54 Å². The molecule has 1 unspecified atom stereocenters. The van der Waals surface area contributed by atoms with Gasteiger partial charge in [-0.1, -0.05) is 31.2 Å². The molecule has 0 fully saturated rings. The highest BCUT2D eigenvalue weighted by molar-refractivity contribution is 5.94. The number of rotatable bonds is 5. The molecular formula is C21H23N3O2. The number of fused-ring (bicyclic) bond motifs is 1. The van der Waals surface area contributed by atoms with Gasteiger partial charge in [0, 0.05) is 23.7 Å². The van der Waals surface area contributed by atoms with Crippen LogP contribution in [0.15, 0.2) is 53.3 Å². The van der Waals surface area contributed by atoms with Crippen molar-refractivity contribution in [3.63, 3.8) is 0 Å². The van der Waals surface area contributed by atoms with E-state index in [1.807, 2.05) is 45.0 Å². The van der Waals surface area contributed by atoms with Crippen molar-refractivity contribution in [3.8, 4) is 11.3 Å². The topological polar surface area (TPSA) is 64.0 Å². The molecule has 2 aromatic carbocycles. The number of benzene rings is 2. The van der Waals surface area contributed by atoms with E-state index in [9.17, 15) is 9.59 Å². The lowest BCUT2D eigenvalue weighted by Crippen LogP contribution is -2.31. The van der Waals surface area contributed by atoms with Crippen LogP contribution in [0.2, 0.25) is 0 Å². The zero-order chi connectivity index (χ0) is 18.7. The number of nitrogens with zero attached hydrogens (tertiary/aromatic N) is 2. The lowest BCUT2D eigenvalue weighted by Gasteiger charge is -2.12. The molecule has 0 aliphatic carbocycles. The maximum absolute atomic E-state index is 12.8. The molecule has 0 bridgehead atoms. The summed E-state index contributed by atoms with van der Waals surface area (Å²) >= 11 is 0. The fourth-order valence-corrected chi connectivity index (χ4v) is 2.88. The third-order valence-corrected chi connectivity index (χ3v) is 4.58. The van der Waals surface area contributed by atoms with Crippen LogP contribution in [-0.4, -0.2) is 21.5 Å². The van der Waals surface area contributed by atoms with Crippen LogP contribution in [0.25, 0.3) is 22.3 Å². The number of aryl methyl sites for hydroxylation is 1. The summed E-state index contributed by atoms with van der Waals surface area (Å²) in [4.78, 5) is 29.6. The van der Waals surface area contributed by atoms with Crippen LogP contribution < -0.4 is 10.9 Å². The minimum Gasteiger partial charge on any atom is -0.350 e. The van der Waals surface area contributed by atoms with Crippen LogP contribution >= 0.6 is 0 Å². The maximum Gasteiger partial charge on any atom is 0.277 e. The summed E-state index contributed by atoms with van der Waals surface area (Å²) in [6, 6.07) is 14.8. The van der Waals surface area contributed by atoms with Crippen molar-refractivity contribution in [1.29, 1.82) is 0 Å². The first-order valence-electron chi connectivity index (χ1n) is 8.96. The SMILES string of the molecule is CCC(C)NC(=O)c1ccc(-c2nc3ccccc3n(CC)c2=O)cc1. The number of aromatic nitrogens is 2. The fourth-order valence-electron chi connectivity index (χ4n) is 2.88. The van der Waals surface area contributed by atoms with Crippen LogP contribution in [0.1, 0.15) is 37.6 Å². The van der Waals surface area contributed by atoms with Crippen molar-refractivity contribution in [2.75, 3.05) is 0 Å². The molecule has 1 aromatic heterocycles. The van der Waals surface area contributed by atoms with E-state index in [0.717, 1.165) is 17.5 Å². The number of amides is 1. The van der Waals surface area contributed by atoms with Crippen LogP contribution in [0, 0.1) is 0 Å². The molecule has 0 radical (unpaired) electrons. The highest BCUT2D eigenvalue weighted by atomic mass is 16.1. The van der Waals surface area contributed by atoms with Gasteiger partial charge in [0.25, 0.3) is 11.5 Å². The molecule has 5 nitrogen and oxygen atoms in total. The van der Waals surface area contributed by atoms with Crippen LogP contribution in [0.4, 0.5) is 0 Å². The molecule has 0 aliphatic heterocycles. The molecule has 0 spiro atoms. The molecule has 5 heteroatoms. The fraction of sp³-hybridized carbons (Fsp3) is 0.286. The lowest BCUT2D eigenvalue weighted by molar-refractivity contribution is 0.0939. The molecule has 26 heavy (non-hydrogen) atoms. The van der Waals surface area contributed by atoms with Crippen molar-refractivity contribution in [2.24, 2.45) is 0 Å². The Balaban J connectivity index is 2.01. The predicted molar refractivity (Wildman–Crippen MR) is 104 cm³/mol. The summed E-state index contributed by atoms with van der Waals surface area (Å²) < 4.78 is 1.72. The van der Waals surface area contributed by atoms with Gasteiger partial charge in [-0.2, -0.15) is 0 Å². The molecule has 0 saturated carbocycles. The van der Waals surface area contributed by atoms with E-state index in [1.54, 1.807) is 28.8 Å². The number of para-hydroxylation sites is 2. The van der Waals surface area contributed by atoms with Crippen molar-refractivity contribution >= 4 is 16.9 Å². The highest BCUT2D eigenvalue weighted by Gasteiger charge is 2.13. The summed E-state index contributed by atoms with van der Waals surface area (Å²) in [7, 11) is 0. The van der Waals surface area contributed by atoms with E-state index in [0.29, 0.717) is 23.4 Å². The quantitative estimate of drug-likeness (QED) is 0.765. The van der Waals surface area contributed by atoms with E-state index in [4.69, 9.17) is 0 Å². The Hall–Kier alpha value is -2.95. The predicted octanol–water partition coefficient (Wildman–Crippen LogP) is 3.61. The molecule has 3 rings (SSSR count). The molecule has 1 amide bonds. The molecule has 0 aliphatic rings. The van der Waals surface area contributed by atoms with Gasteiger partial charge in [-0.3, -0.25) is 9.59 Å². The summed E-state index contributed by atoms with van der Waals surface area (Å²) in [5.41, 5.74) is 3.17. The smallest absolute Gasteiger partial charge is 0.277 e. The number of nitrogens with one attached hydrogen (secondary N) is 1. The minimum atomic E-state index is -0.122. The average molecular weight is 349 g/mol. The normalized spacial score (nSPS) is 12.1. The van der Waals surface area contributed by atoms with Crippen molar-refractivity contribution in [3.05, 3.63) is 64.4 Å². The molecule has 0 saturated heterocycles. The Morgan fingerprint density at radius 1 is 1.12 bits per heavy atom. The highest BCUT2D eigenvalue weighted by Crippen LogP contribution is 2.18. The van der Waals surface area contributed by atoms with Gasteiger partial charge in [-0.25, -0.2) is 4.98 Å². The van der Waals surface area contributed by atoms with Gasteiger partial charge in [-0.15, -0.1) is 0 Å². The standard InChI is InChI=1S/C21H23N3O2/c1-4-14(3)22-20(25)16-12-10-15(11-13-16)19-21(26)24(5-2)18-9-7-6-8-17(18)23-19/h6-14H,4-5H2,1-3H3,(H,22,25). The van der Waals surface area contributed by atoms with Gasteiger partial charge in [0.1, 0.15) is 5.69 Å². The average Bonchev–Trinajstić information content (AvgIpc) is 2.67. The molecular weight excluding hydrogens is 326 g/mol. The van der Waals surface area contributed by atoms with E-state index in [2.05, 4.69) is 10.3 Å². The molecule has 1 atom stereocenters. The Morgan fingerprint density at radius 2 is 1.81 bits per heavy atom. The zero-order valence-corrected chi connectivity index (χ0v) is 15.3. The largest absolute Gasteiger partial charge is 0.350 e. The third kappa shape index (κ3) is 3.38. The monoisotopic (exact) mass is 349 g/mol. The first-order valence-corrected chi connectivity index (χ1v) is 8.96. The summed E-state index contributed by atoms with van der Waals surface area (Å²) in [6.45, 7) is 6.51. The Labute approximate surface area is 152 Å². The van der Waals surface area contributed by atoms with Crippen molar-refractivity contribution in [1.82, 2.24) is 14.9 Å². The summed E-state index contributed by atoms with van der Waals surface area (Å²) in [6.07, 6.45) is 0.876. The molecule has 134 valence electrons. The van der Waals surface area contributed by atoms with Gasteiger partial charge in [-0.05, 0) is 44.5 Å². The van der Waals surface area contributed by atoms with Gasteiger partial charge < -0.3 is 9.88 Å². The third-order valence-electron chi connectivity index (χ3n) is 4.58. The van der Waals surface area contributed by atoms with Crippen LogP contribution in [0.3, 0.4) is 0 Å². The second-order valence-electron chi connectivity index (χ2n) is 6.36. The Morgan fingerprint density at radius 3 is 2.46 bits per heavy atom. The number of carbonyl (C=O) groups is 1. The number of hydrogen-bond donors (Lipinski definition) is 1. The lowest BCUT2D eigenvalue weighted by atomic mass is 10.1. The molecule has 1 heterocycles. The second-order valence-corrected chi connectivity index (χ2v) is 6.36. The number of hydrogen-bond acceptors (Lipinski definition) is 3. The van der Waals surface area contributed by atoms with Gasteiger partial charge in [0.2, 0.25) is 0 Å². The minimum absolute atomic E-state index is 0.108. The summed E-state index contributed by atoms with van der Waals surface area (Å²) in [5, 5.41) is 2.94. The van der Waals surface area contributed by atoms with Gasteiger partial charge in [0.05, 0.1) is 11.0 Å². The first kappa shape index (κ1) is 17.9. The number of carbonyl (C=O) groups excluding carboxylic acids is 1. The zero-order valence-electron chi connectivity index (χ0n) is 15.3. The van der Waals surface area contributed by atoms with E-state index in [-0.39, 0.29) is 17.5 Å². The Kier molecular flexibility index (Phi) is 5.16. The summed E-state index contributed by atoms with van der Waals surface area (Å²) in [5.74, 6) is -0.108. The van der Waals surface area contributed by atoms with Gasteiger partial charge in [0.15, 0.2) is 0 Å². The first-order chi connectivity index (χ1) is 12.5. The van der Waals surface area contributed by atoms with E-state index in [1.165, 1.54) is 0 Å². The molecule has 3 aromatic rings. The van der Waals surface area contributed by atoms with Crippen molar-refractivity contribution in [2.45, 2.75) is 39.8 Å². The van der Waals surface area contributed by atoms with E-state index < -0.39 is 0 Å². The van der Waals surface area contributed by atoms with Crippen molar-refractivity contribution < 1.29 is 4.79 Å². The van der Waals surface area contributed by atoms with Gasteiger partial charge >= 0.3 is 0 Å². The maximum atomic E-state index is 12.8. The Bertz CT molecular complexity index is 990. The second kappa shape index (κ2) is 7.52. The molecule has 1 N–H and O–H groups in total. The van der Waals surface area contributed by atoms with Crippen LogP contribution in [0.5, 0.6) is 0 Å².